The van der Waals surface area contributed by atoms with Crippen molar-refractivity contribution in [3.63, 3.8) is 0 Å². The number of thioether (sulfide) groups is 1. The fourth-order valence-corrected chi connectivity index (χ4v) is 2.16. The number of methoxy groups -OCH3 is 1. The molecule has 0 aromatic heterocycles. The maximum absolute atomic E-state index is 11.7. The van der Waals surface area contributed by atoms with Gasteiger partial charge in [0.1, 0.15) is 17.9 Å². The second kappa shape index (κ2) is 12.8. The second-order valence-electron chi connectivity index (χ2n) is 5.25. The molecule has 11 nitrogen and oxygen atoms in total. The molecule has 24 heavy (non-hydrogen) atoms. The van der Waals surface area contributed by atoms with E-state index in [-0.39, 0.29) is 18.3 Å². The molecule has 0 aromatic carbocycles. The Balaban J connectivity index is 4.09. The van der Waals surface area contributed by atoms with Gasteiger partial charge in [-0.1, -0.05) is 0 Å². The van der Waals surface area contributed by atoms with E-state index < -0.39 is 29.2 Å². The van der Waals surface area contributed by atoms with Crippen LogP contribution in [0.5, 0.6) is 0 Å². The van der Waals surface area contributed by atoms with Crippen LogP contribution in [0, 0.1) is 5.21 Å². The van der Waals surface area contributed by atoms with Crippen LogP contribution in [-0.2, 0) is 24.1 Å². The Hall–Kier alpha value is -0.540. The SMILES string of the molecule is COCSCC(ON([O-])O)C(N)C(=O)OOCCCNC(C)(C)O. The molecule has 0 radical (unpaired) electrons. The van der Waals surface area contributed by atoms with Gasteiger partial charge in [0.05, 0.1) is 12.5 Å². The van der Waals surface area contributed by atoms with Crippen molar-refractivity contribution in [2.45, 2.75) is 38.1 Å². The Morgan fingerprint density at radius 1 is 1.50 bits per heavy atom. The lowest BCUT2D eigenvalue weighted by atomic mass is 10.2. The summed E-state index contributed by atoms with van der Waals surface area (Å²) in [5.74, 6) is -0.550. The highest BCUT2D eigenvalue weighted by molar-refractivity contribution is 7.99. The molecular formula is C12H26N3O8S-. The van der Waals surface area contributed by atoms with E-state index in [9.17, 15) is 15.1 Å². The van der Waals surface area contributed by atoms with E-state index in [2.05, 4.69) is 15.0 Å². The number of carbonyl (C=O) groups excluding carboxylic acids is 1. The molecule has 144 valence electrons. The van der Waals surface area contributed by atoms with Crippen molar-refractivity contribution in [3.05, 3.63) is 5.21 Å². The monoisotopic (exact) mass is 372 g/mol. The minimum absolute atomic E-state index is 0.0825. The van der Waals surface area contributed by atoms with Crippen LogP contribution in [-0.4, -0.2) is 71.5 Å². The van der Waals surface area contributed by atoms with E-state index in [1.54, 1.807) is 13.8 Å². The molecule has 0 rings (SSSR count). The molecule has 0 saturated heterocycles. The number of nitrogens with zero attached hydrogens (tertiary/aromatic N) is 1. The number of nitrogens with one attached hydrogen (secondary N) is 1. The predicted molar refractivity (Wildman–Crippen MR) is 85.1 cm³/mol. The predicted octanol–water partition coefficient (Wildman–Crippen LogP) is -0.677. The highest BCUT2D eigenvalue weighted by Crippen LogP contribution is 2.11. The van der Waals surface area contributed by atoms with Crippen LogP contribution >= 0.6 is 11.8 Å². The van der Waals surface area contributed by atoms with Crippen molar-refractivity contribution in [1.82, 2.24) is 10.7 Å². The fourth-order valence-electron chi connectivity index (χ4n) is 1.40. The number of aliphatic hydroxyl groups is 1. The van der Waals surface area contributed by atoms with Gasteiger partial charge >= 0.3 is 5.97 Å². The van der Waals surface area contributed by atoms with Gasteiger partial charge in [-0.05, 0) is 20.3 Å². The fraction of sp³-hybridized carbons (Fsp3) is 0.917. The molecule has 12 heteroatoms. The molecule has 0 saturated carbocycles. The molecular weight excluding hydrogens is 346 g/mol. The summed E-state index contributed by atoms with van der Waals surface area (Å²) >= 11 is 1.20. The minimum atomic E-state index is -1.34. The zero-order valence-electron chi connectivity index (χ0n) is 14.0. The van der Waals surface area contributed by atoms with Crippen molar-refractivity contribution in [1.29, 1.82) is 0 Å². The number of ether oxygens (including phenoxy) is 1. The summed E-state index contributed by atoms with van der Waals surface area (Å²) in [4.78, 5) is 25.5. The first-order chi connectivity index (χ1) is 11.2. The Bertz CT molecular complexity index is 343. The number of carbonyl (C=O) groups is 1. The van der Waals surface area contributed by atoms with Gasteiger partial charge in [-0.25, -0.2) is 4.79 Å². The maximum atomic E-state index is 11.7. The van der Waals surface area contributed by atoms with Gasteiger partial charge < -0.3 is 26.0 Å². The normalized spacial score (nSPS) is 14.7. The average molecular weight is 372 g/mol. The van der Waals surface area contributed by atoms with Gasteiger partial charge in [-0.15, -0.1) is 17.2 Å². The third-order valence-corrected chi connectivity index (χ3v) is 3.45. The molecule has 2 unspecified atom stereocenters. The number of hydrogen-bond donors (Lipinski definition) is 4. The highest BCUT2D eigenvalue weighted by Gasteiger charge is 2.29. The Labute approximate surface area is 144 Å². The average Bonchev–Trinajstić information content (AvgIpc) is 2.47. The van der Waals surface area contributed by atoms with Crippen LogP contribution in [0.2, 0.25) is 0 Å². The molecule has 0 amide bonds. The van der Waals surface area contributed by atoms with Gasteiger partial charge in [0, 0.05) is 19.4 Å². The largest absolute Gasteiger partial charge is 0.738 e. The molecule has 5 N–H and O–H groups in total. The topological polar surface area (TPSA) is 159 Å². The van der Waals surface area contributed by atoms with Crippen LogP contribution in [0.1, 0.15) is 20.3 Å². The first kappa shape index (κ1) is 23.5. The van der Waals surface area contributed by atoms with E-state index in [1.807, 2.05) is 0 Å². The lowest BCUT2D eigenvalue weighted by molar-refractivity contribution is -0.329. The van der Waals surface area contributed by atoms with Crippen LogP contribution in [0.25, 0.3) is 0 Å². The van der Waals surface area contributed by atoms with Crippen LogP contribution in [0.3, 0.4) is 0 Å². The van der Waals surface area contributed by atoms with Crippen molar-refractivity contribution in [2.24, 2.45) is 5.73 Å². The number of hydrogen-bond acceptors (Lipinski definition) is 12. The quantitative estimate of drug-likeness (QED) is 0.132. The number of nitrogens with two attached hydrogens (primary N) is 1. The third kappa shape index (κ3) is 12.8. The van der Waals surface area contributed by atoms with Gasteiger partial charge in [0.15, 0.2) is 0 Å². The molecule has 0 bridgehead atoms. The van der Waals surface area contributed by atoms with Crippen LogP contribution in [0.4, 0.5) is 0 Å². The zero-order valence-corrected chi connectivity index (χ0v) is 14.8. The minimum Gasteiger partial charge on any atom is -0.738 e. The Morgan fingerprint density at radius 2 is 2.17 bits per heavy atom. The third-order valence-electron chi connectivity index (χ3n) is 2.48. The van der Waals surface area contributed by atoms with Gasteiger partial charge in [0.2, 0.25) is 0 Å². The van der Waals surface area contributed by atoms with Crippen LogP contribution < -0.4 is 11.1 Å². The second-order valence-corrected chi connectivity index (χ2v) is 6.23. The smallest absolute Gasteiger partial charge is 0.361 e. The van der Waals surface area contributed by atoms with E-state index in [0.29, 0.717) is 13.0 Å². The number of rotatable bonds is 14. The lowest BCUT2D eigenvalue weighted by Gasteiger charge is -2.28. The molecule has 2 atom stereocenters. The molecule has 0 spiro atoms. The standard InChI is InChI=1S/C12H26N3O8S/c1-12(2,17)14-5-4-6-21-23-11(16)10(13)9(22-15(18)19)7-24-8-20-3/h9-10,14,17-18H,4-8,13H2,1-3H3/q-1. The van der Waals surface area contributed by atoms with E-state index in [1.165, 1.54) is 18.9 Å². The van der Waals surface area contributed by atoms with Crippen molar-refractivity contribution in [3.8, 4) is 0 Å². The zero-order chi connectivity index (χ0) is 18.6. The first-order valence-electron chi connectivity index (χ1n) is 7.13. The van der Waals surface area contributed by atoms with Gasteiger partial charge in [0.25, 0.3) is 0 Å². The van der Waals surface area contributed by atoms with Crippen molar-refractivity contribution < 1.29 is 34.5 Å². The van der Waals surface area contributed by atoms with Gasteiger partial charge in [-0.3, -0.25) is 15.0 Å². The van der Waals surface area contributed by atoms with E-state index >= 15 is 0 Å². The summed E-state index contributed by atoms with van der Waals surface area (Å²) in [5, 5.41) is 30.6. The molecule has 0 aliphatic rings. The summed E-state index contributed by atoms with van der Waals surface area (Å²) in [6.07, 6.45) is -0.651. The summed E-state index contributed by atoms with van der Waals surface area (Å²) in [5.41, 5.74) is 4.63. The van der Waals surface area contributed by atoms with E-state index in [4.69, 9.17) is 20.6 Å². The van der Waals surface area contributed by atoms with Gasteiger partial charge in [-0.2, -0.15) is 4.89 Å². The Morgan fingerprint density at radius 3 is 2.71 bits per heavy atom. The molecule has 0 heterocycles. The highest BCUT2D eigenvalue weighted by atomic mass is 32.2. The lowest BCUT2D eigenvalue weighted by Crippen LogP contribution is -2.47. The van der Waals surface area contributed by atoms with E-state index in [0.717, 1.165) is 0 Å². The molecule has 0 aliphatic heterocycles. The van der Waals surface area contributed by atoms with Crippen molar-refractivity contribution >= 4 is 17.7 Å². The maximum Gasteiger partial charge on any atom is 0.361 e. The molecule has 0 aromatic rings. The summed E-state index contributed by atoms with van der Waals surface area (Å²) < 4.78 is 4.81. The first-order valence-corrected chi connectivity index (χ1v) is 8.28. The van der Waals surface area contributed by atoms with Crippen molar-refractivity contribution in [2.75, 3.05) is 32.0 Å². The summed E-state index contributed by atoms with van der Waals surface area (Å²) in [6.45, 7) is 3.71. The molecule has 0 fully saturated rings. The summed E-state index contributed by atoms with van der Waals surface area (Å²) in [7, 11) is 1.48. The van der Waals surface area contributed by atoms with Crippen LogP contribution in [0.15, 0.2) is 0 Å². The summed E-state index contributed by atoms with van der Waals surface area (Å²) in [6, 6.07) is -1.34. The molecule has 0 aliphatic carbocycles. The Kier molecular flexibility index (Phi) is 12.5.